The lowest BCUT2D eigenvalue weighted by atomic mass is 10.1. The van der Waals surface area contributed by atoms with Crippen LogP contribution in [0.5, 0.6) is 0 Å². The Balaban J connectivity index is 2.24. The van der Waals surface area contributed by atoms with Crippen LogP contribution in [0.1, 0.15) is 26.3 Å². The van der Waals surface area contributed by atoms with Gasteiger partial charge in [0.2, 0.25) is 21.8 Å². The molecule has 0 aromatic heterocycles. The summed E-state index contributed by atoms with van der Waals surface area (Å²) in [5.74, 6) is -0.519. The lowest BCUT2D eigenvalue weighted by Gasteiger charge is -2.30. The maximum atomic E-state index is 13.3. The van der Waals surface area contributed by atoms with Gasteiger partial charge in [-0.1, -0.05) is 53.5 Å². The summed E-state index contributed by atoms with van der Waals surface area (Å²) >= 11 is 9.24. The molecule has 0 saturated carbocycles. The van der Waals surface area contributed by atoms with E-state index in [4.69, 9.17) is 11.6 Å². The van der Waals surface area contributed by atoms with E-state index >= 15 is 0 Å². The smallest absolute Gasteiger partial charge is 0.243 e. The van der Waals surface area contributed by atoms with Gasteiger partial charge in [-0.15, -0.1) is 0 Å². The second-order valence-corrected chi connectivity index (χ2v) is 11.6. The summed E-state index contributed by atoms with van der Waals surface area (Å²) in [6, 6.07) is 12.3. The molecule has 0 spiro atoms. The molecular weight excluding hydrogens is 530 g/mol. The Kier molecular flexibility index (Phi) is 9.90. The number of amides is 2. The van der Waals surface area contributed by atoms with E-state index in [0.29, 0.717) is 11.6 Å². The summed E-state index contributed by atoms with van der Waals surface area (Å²) in [5.41, 5.74) is 0.818. The maximum absolute atomic E-state index is 13.3. The topological polar surface area (TPSA) is 86.8 Å². The van der Waals surface area contributed by atoms with Gasteiger partial charge in [-0.3, -0.25) is 9.59 Å². The van der Waals surface area contributed by atoms with Gasteiger partial charge in [0, 0.05) is 29.6 Å². The van der Waals surface area contributed by atoms with Crippen LogP contribution in [-0.4, -0.2) is 55.6 Å². The van der Waals surface area contributed by atoms with Gasteiger partial charge in [0.1, 0.15) is 6.04 Å². The predicted octanol–water partition coefficient (Wildman–Crippen LogP) is 3.91. The van der Waals surface area contributed by atoms with E-state index in [1.54, 1.807) is 6.92 Å². The summed E-state index contributed by atoms with van der Waals surface area (Å²) < 4.78 is 27.7. The summed E-state index contributed by atoms with van der Waals surface area (Å²) in [6.45, 7) is 5.83. The van der Waals surface area contributed by atoms with Crippen molar-refractivity contribution in [3.8, 4) is 0 Å². The average molecular weight is 559 g/mol. The Morgan fingerprint density at radius 1 is 1.03 bits per heavy atom. The van der Waals surface area contributed by atoms with Gasteiger partial charge in [0.05, 0.1) is 11.4 Å². The van der Waals surface area contributed by atoms with Crippen molar-refractivity contribution in [2.75, 3.05) is 20.1 Å². The highest BCUT2D eigenvalue weighted by Gasteiger charge is 2.30. The molecule has 0 aliphatic carbocycles. The van der Waals surface area contributed by atoms with Crippen molar-refractivity contribution >= 4 is 49.4 Å². The second kappa shape index (κ2) is 12.0. The average Bonchev–Trinajstić information content (AvgIpc) is 2.76. The number of rotatable bonds is 10. The van der Waals surface area contributed by atoms with Crippen LogP contribution in [0.2, 0.25) is 5.02 Å². The third-order valence-corrected chi connectivity index (χ3v) is 7.60. The zero-order valence-corrected chi connectivity index (χ0v) is 22.2. The number of carbonyl (C=O) groups excluding carboxylic acids is 2. The molecule has 180 valence electrons. The van der Waals surface area contributed by atoms with Crippen LogP contribution in [0.4, 0.5) is 0 Å². The molecule has 0 fully saturated rings. The SMILES string of the molecule is CC(C)CNC(=O)[C@H](C)N(Cc1ccc(Br)cc1)C(=O)CN(C)S(=O)(=O)c1ccc(Cl)cc1. The molecule has 7 nitrogen and oxygen atoms in total. The van der Waals surface area contributed by atoms with Gasteiger partial charge in [-0.2, -0.15) is 4.31 Å². The molecule has 0 heterocycles. The lowest BCUT2D eigenvalue weighted by molar-refractivity contribution is -0.140. The summed E-state index contributed by atoms with van der Waals surface area (Å²) in [5, 5.41) is 3.25. The van der Waals surface area contributed by atoms with Crippen molar-refractivity contribution in [1.82, 2.24) is 14.5 Å². The molecule has 0 radical (unpaired) electrons. The number of likely N-dealkylation sites (N-methyl/N-ethyl adjacent to an activating group) is 1. The highest BCUT2D eigenvalue weighted by molar-refractivity contribution is 9.10. The Labute approximate surface area is 209 Å². The Morgan fingerprint density at radius 3 is 2.15 bits per heavy atom. The minimum Gasteiger partial charge on any atom is -0.354 e. The van der Waals surface area contributed by atoms with Crippen molar-refractivity contribution < 1.29 is 18.0 Å². The molecule has 10 heteroatoms. The molecule has 1 N–H and O–H groups in total. The third-order valence-electron chi connectivity index (χ3n) is 5.00. The number of nitrogens with one attached hydrogen (secondary N) is 1. The highest BCUT2D eigenvalue weighted by atomic mass is 79.9. The van der Waals surface area contributed by atoms with Gasteiger partial charge < -0.3 is 10.2 Å². The van der Waals surface area contributed by atoms with Crippen LogP contribution < -0.4 is 5.32 Å². The highest BCUT2D eigenvalue weighted by Crippen LogP contribution is 2.19. The molecule has 2 rings (SSSR count). The van der Waals surface area contributed by atoms with Crippen LogP contribution in [-0.2, 0) is 26.2 Å². The molecule has 1 atom stereocenters. The van der Waals surface area contributed by atoms with E-state index in [2.05, 4.69) is 21.2 Å². The standard InChI is InChI=1S/C23H29BrClN3O4S/c1-16(2)13-26-23(30)17(3)28(14-18-5-7-19(24)8-6-18)22(29)15-27(4)33(31,32)21-11-9-20(25)10-12-21/h5-12,16-17H,13-15H2,1-4H3,(H,26,30)/t17-/m0/s1. The monoisotopic (exact) mass is 557 g/mol. The zero-order chi connectivity index (χ0) is 24.8. The van der Waals surface area contributed by atoms with Gasteiger partial charge in [0.15, 0.2) is 0 Å². The first kappa shape index (κ1) is 27.3. The van der Waals surface area contributed by atoms with Crippen LogP contribution in [0.15, 0.2) is 57.9 Å². The van der Waals surface area contributed by atoms with Crippen molar-refractivity contribution in [1.29, 1.82) is 0 Å². The zero-order valence-electron chi connectivity index (χ0n) is 19.1. The molecule has 2 aromatic carbocycles. The summed E-state index contributed by atoms with van der Waals surface area (Å²) in [6.07, 6.45) is 0. The fourth-order valence-electron chi connectivity index (χ4n) is 2.97. The largest absolute Gasteiger partial charge is 0.354 e. The molecule has 33 heavy (non-hydrogen) atoms. The Bertz CT molecular complexity index is 1060. The Morgan fingerprint density at radius 2 is 1.61 bits per heavy atom. The molecule has 2 amide bonds. The minimum atomic E-state index is -3.91. The van der Waals surface area contributed by atoms with Crippen molar-refractivity contribution in [2.45, 2.75) is 38.3 Å². The van der Waals surface area contributed by atoms with E-state index in [1.165, 1.54) is 36.2 Å². The molecule has 2 aromatic rings. The van der Waals surface area contributed by atoms with Crippen LogP contribution >= 0.6 is 27.5 Å². The Hall–Kier alpha value is -1.94. The molecule has 0 aliphatic heterocycles. The normalized spacial score (nSPS) is 12.6. The number of halogens is 2. The van der Waals surface area contributed by atoms with E-state index in [0.717, 1.165) is 14.3 Å². The fraction of sp³-hybridized carbons (Fsp3) is 0.391. The first-order valence-electron chi connectivity index (χ1n) is 10.5. The quantitative estimate of drug-likeness (QED) is 0.479. The van der Waals surface area contributed by atoms with Gasteiger partial charge >= 0.3 is 0 Å². The van der Waals surface area contributed by atoms with Crippen molar-refractivity contribution in [3.63, 3.8) is 0 Å². The van der Waals surface area contributed by atoms with E-state index in [-0.39, 0.29) is 23.3 Å². The van der Waals surface area contributed by atoms with Gasteiger partial charge in [-0.05, 0) is 54.8 Å². The first-order valence-corrected chi connectivity index (χ1v) is 13.1. The first-order chi connectivity index (χ1) is 15.4. The van der Waals surface area contributed by atoms with E-state index < -0.39 is 28.5 Å². The number of hydrogen-bond donors (Lipinski definition) is 1. The van der Waals surface area contributed by atoms with E-state index in [1.807, 2.05) is 38.1 Å². The summed E-state index contributed by atoms with van der Waals surface area (Å²) in [7, 11) is -2.57. The van der Waals surface area contributed by atoms with Crippen molar-refractivity contribution in [3.05, 3.63) is 63.6 Å². The van der Waals surface area contributed by atoms with Gasteiger partial charge in [0.25, 0.3) is 0 Å². The third kappa shape index (κ3) is 7.81. The summed E-state index contributed by atoms with van der Waals surface area (Å²) in [4.78, 5) is 27.4. The van der Waals surface area contributed by atoms with Crippen LogP contribution in [0.25, 0.3) is 0 Å². The number of nitrogens with zero attached hydrogens (tertiary/aromatic N) is 2. The second-order valence-electron chi connectivity index (χ2n) is 8.18. The van der Waals surface area contributed by atoms with Crippen molar-refractivity contribution in [2.24, 2.45) is 5.92 Å². The molecule has 0 bridgehead atoms. The fourth-order valence-corrected chi connectivity index (χ4v) is 4.48. The number of sulfonamides is 1. The van der Waals surface area contributed by atoms with Crippen LogP contribution in [0, 0.1) is 5.92 Å². The number of carbonyl (C=O) groups is 2. The predicted molar refractivity (Wildman–Crippen MR) is 133 cm³/mol. The molecule has 0 unspecified atom stereocenters. The molecule has 0 saturated heterocycles. The lowest BCUT2D eigenvalue weighted by Crippen LogP contribution is -2.51. The minimum absolute atomic E-state index is 0.0318. The molecule has 0 aliphatic rings. The number of hydrogen-bond acceptors (Lipinski definition) is 4. The number of benzene rings is 2. The maximum Gasteiger partial charge on any atom is 0.243 e. The van der Waals surface area contributed by atoms with Crippen LogP contribution in [0.3, 0.4) is 0 Å². The van der Waals surface area contributed by atoms with E-state index in [9.17, 15) is 18.0 Å². The van der Waals surface area contributed by atoms with Gasteiger partial charge in [-0.25, -0.2) is 8.42 Å². The molecular formula is C23H29BrClN3O4S.